The van der Waals surface area contributed by atoms with Crippen LogP contribution in [0.2, 0.25) is 0 Å². The summed E-state index contributed by atoms with van der Waals surface area (Å²) in [6.07, 6.45) is 1.71. The predicted octanol–water partition coefficient (Wildman–Crippen LogP) is 3.31. The topological polar surface area (TPSA) is 85.4 Å². The summed E-state index contributed by atoms with van der Waals surface area (Å²) < 4.78 is 5.67. The van der Waals surface area contributed by atoms with Gasteiger partial charge in [0.25, 0.3) is 0 Å². The molecule has 0 atom stereocenters. The van der Waals surface area contributed by atoms with Crippen molar-refractivity contribution in [2.45, 2.75) is 0 Å². The van der Waals surface area contributed by atoms with Crippen molar-refractivity contribution >= 4 is 22.6 Å². The van der Waals surface area contributed by atoms with Gasteiger partial charge in [0.05, 0.1) is 11.1 Å². The Balaban J connectivity index is 1.94. The first kappa shape index (κ1) is 12.9. The van der Waals surface area contributed by atoms with Gasteiger partial charge in [0, 0.05) is 23.3 Å². The van der Waals surface area contributed by atoms with Crippen LogP contribution in [0.3, 0.4) is 0 Å². The normalized spacial score (nSPS) is 10.5. The molecule has 21 heavy (non-hydrogen) atoms. The molecule has 0 fully saturated rings. The standard InChI is InChI=1S/C16H12N2O3/c17-14-6-5-11(8-13(14)16(19)20)21-12-4-3-10-2-1-7-18-15(10)9-12/h1-9H,17H2,(H,19,20). The Hall–Kier alpha value is -3.08. The lowest BCUT2D eigenvalue weighted by Gasteiger charge is -2.08. The Bertz CT molecular complexity index is 831. The lowest BCUT2D eigenvalue weighted by Crippen LogP contribution is -2.02. The molecule has 1 heterocycles. The number of nitrogen functional groups attached to an aromatic ring is 1. The van der Waals surface area contributed by atoms with Gasteiger partial charge in [0.1, 0.15) is 11.5 Å². The van der Waals surface area contributed by atoms with Crippen LogP contribution in [0, 0.1) is 0 Å². The molecular formula is C16H12N2O3. The van der Waals surface area contributed by atoms with E-state index in [1.54, 1.807) is 24.4 Å². The van der Waals surface area contributed by atoms with Crippen LogP contribution in [-0.4, -0.2) is 16.1 Å². The van der Waals surface area contributed by atoms with E-state index in [4.69, 9.17) is 15.6 Å². The molecule has 5 heteroatoms. The zero-order valence-corrected chi connectivity index (χ0v) is 11.0. The van der Waals surface area contributed by atoms with Gasteiger partial charge in [0.15, 0.2) is 0 Å². The van der Waals surface area contributed by atoms with Crippen LogP contribution in [0.4, 0.5) is 5.69 Å². The fourth-order valence-corrected chi connectivity index (χ4v) is 2.03. The Labute approximate surface area is 120 Å². The third-order valence-corrected chi connectivity index (χ3v) is 3.07. The second kappa shape index (κ2) is 5.13. The molecule has 0 spiro atoms. The molecule has 0 aliphatic rings. The highest BCUT2D eigenvalue weighted by molar-refractivity contribution is 5.94. The predicted molar refractivity (Wildman–Crippen MR) is 79.6 cm³/mol. The summed E-state index contributed by atoms with van der Waals surface area (Å²) in [5.41, 5.74) is 6.64. The maximum atomic E-state index is 11.1. The van der Waals surface area contributed by atoms with E-state index in [1.807, 2.05) is 18.2 Å². The quantitative estimate of drug-likeness (QED) is 0.719. The number of carboxylic acids is 1. The van der Waals surface area contributed by atoms with E-state index < -0.39 is 5.97 Å². The maximum absolute atomic E-state index is 11.1. The molecule has 0 aliphatic heterocycles. The number of ether oxygens (including phenoxy) is 1. The number of hydrogen-bond acceptors (Lipinski definition) is 4. The number of nitrogens with zero attached hydrogens (tertiary/aromatic N) is 1. The van der Waals surface area contributed by atoms with Crippen LogP contribution >= 0.6 is 0 Å². The summed E-state index contributed by atoms with van der Waals surface area (Å²) in [5, 5.41) is 10.1. The van der Waals surface area contributed by atoms with Crippen LogP contribution in [0.5, 0.6) is 11.5 Å². The number of hydrogen-bond donors (Lipinski definition) is 2. The van der Waals surface area contributed by atoms with E-state index in [2.05, 4.69) is 4.98 Å². The average molecular weight is 280 g/mol. The Morgan fingerprint density at radius 2 is 1.86 bits per heavy atom. The number of aromatic carboxylic acids is 1. The van der Waals surface area contributed by atoms with Gasteiger partial charge in [-0.05, 0) is 36.4 Å². The van der Waals surface area contributed by atoms with Gasteiger partial charge >= 0.3 is 5.97 Å². The number of carboxylic acid groups (broad SMARTS) is 1. The van der Waals surface area contributed by atoms with Crippen LogP contribution in [0.25, 0.3) is 10.9 Å². The number of aromatic nitrogens is 1. The zero-order valence-electron chi connectivity index (χ0n) is 11.0. The fraction of sp³-hybridized carbons (Fsp3) is 0. The van der Waals surface area contributed by atoms with Gasteiger partial charge in [-0.15, -0.1) is 0 Å². The van der Waals surface area contributed by atoms with Crippen molar-refractivity contribution in [2.24, 2.45) is 0 Å². The molecule has 2 aromatic carbocycles. The van der Waals surface area contributed by atoms with E-state index in [9.17, 15) is 4.79 Å². The van der Waals surface area contributed by atoms with Gasteiger partial charge < -0.3 is 15.6 Å². The molecule has 0 amide bonds. The molecule has 1 aromatic heterocycles. The molecule has 3 aromatic rings. The van der Waals surface area contributed by atoms with Gasteiger partial charge in [-0.25, -0.2) is 4.79 Å². The zero-order chi connectivity index (χ0) is 14.8. The van der Waals surface area contributed by atoms with Crippen LogP contribution in [0.15, 0.2) is 54.7 Å². The molecule has 0 aliphatic carbocycles. The Kier molecular flexibility index (Phi) is 3.16. The second-order valence-electron chi connectivity index (χ2n) is 4.51. The smallest absolute Gasteiger partial charge is 0.337 e. The molecule has 3 rings (SSSR count). The third kappa shape index (κ3) is 2.62. The lowest BCUT2D eigenvalue weighted by atomic mass is 10.1. The first-order valence-corrected chi connectivity index (χ1v) is 6.29. The van der Waals surface area contributed by atoms with Gasteiger partial charge in [-0.2, -0.15) is 0 Å². The maximum Gasteiger partial charge on any atom is 0.337 e. The molecule has 0 saturated carbocycles. The minimum Gasteiger partial charge on any atom is -0.478 e. The number of rotatable bonds is 3. The summed E-state index contributed by atoms with van der Waals surface area (Å²) in [6.45, 7) is 0. The molecule has 0 radical (unpaired) electrons. The van der Waals surface area contributed by atoms with Crippen molar-refractivity contribution in [1.82, 2.24) is 4.98 Å². The highest BCUT2D eigenvalue weighted by Gasteiger charge is 2.10. The van der Waals surface area contributed by atoms with Crippen LogP contribution in [0.1, 0.15) is 10.4 Å². The number of carbonyl (C=O) groups is 1. The Morgan fingerprint density at radius 1 is 1.10 bits per heavy atom. The average Bonchev–Trinajstić information content (AvgIpc) is 2.49. The van der Waals surface area contributed by atoms with E-state index in [0.29, 0.717) is 11.5 Å². The van der Waals surface area contributed by atoms with Crippen molar-refractivity contribution in [1.29, 1.82) is 0 Å². The van der Waals surface area contributed by atoms with Crippen molar-refractivity contribution in [3.8, 4) is 11.5 Å². The number of anilines is 1. The molecular weight excluding hydrogens is 268 g/mol. The van der Waals surface area contributed by atoms with Crippen molar-refractivity contribution < 1.29 is 14.6 Å². The molecule has 104 valence electrons. The van der Waals surface area contributed by atoms with E-state index in [0.717, 1.165) is 10.9 Å². The van der Waals surface area contributed by atoms with Gasteiger partial charge in [0.2, 0.25) is 0 Å². The van der Waals surface area contributed by atoms with Crippen LogP contribution in [-0.2, 0) is 0 Å². The summed E-state index contributed by atoms with van der Waals surface area (Å²) in [6, 6.07) is 13.9. The van der Waals surface area contributed by atoms with E-state index in [1.165, 1.54) is 12.1 Å². The van der Waals surface area contributed by atoms with Gasteiger partial charge in [-0.3, -0.25) is 4.98 Å². The van der Waals surface area contributed by atoms with E-state index >= 15 is 0 Å². The fourth-order valence-electron chi connectivity index (χ4n) is 2.03. The molecule has 0 unspecified atom stereocenters. The molecule has 5 nitrogen and oxygen atoms in total. The third-order valence-electron chi connectivity index (χ3n) is 3.07. The minimum absolute atomic E-state index is 0.0198. The van der Waals surface area contributed by atoms with Crippen LogP contribution < -0.4 is 10.5 Å². The number of fused-ring (bicyclic) bond motifs is 1. The van der Waals surface area contributed by atoms with E-state index in [-0.39, 0.29) is 11.3 Å². The Morgan fingerprint density at radius 3 is 2.67 bits per heavy atom. The van der Waals surface area contributed by atoms with Crippen molar-refractivity contribution in [3.63, 3.8) is 0 Å². The highest BCUT2D eigenvalue weighted by atomic mass is 16.5. The first-order chi connectivity index (χ1) is 10.1. The van der Waals surface area contributed by atoms with Crippen molar-refractivity contribution in [3.05, 3.63) is 60.3 Å². The second-order valence-corrected chi connectivity index (χ2v) is 4.51. The summed E-state index contributed by atoms with van der Waals surface area (Å²) in [5.74, 6) is -0.0858. The largest absolute Gasteiger partial charge is 0.478 e. The lowest BCUT2D eigenvalue weighted by molar-refractivity contribution is 0.0697. The number of nitrogens with two attached hydrogens (primary N) is 1. The monoisotopic (exact) mass is 280 g/mol. The highest BCUT2D eigenvalue weighted by Crippen LogP contribution is 2.27. The number of benzene rings is 2. The summed E-state index contributed by atoms with van der Waals surface area (Å²) in [4.78, 5) is 15.3. The summed E-state index contributed by atoms with van der Waals surface area (Å²) >= 11 is 0. The molecule has 3 N–H and O–H groups in total. The molecule has 0 saturated heterocycles. The number of pyridine rings is 1. The van der Waals surface area contributed by atoms with Crippen molar-refractivity contribution in [2.75, 3.05) is 5.73 Å². The first-order valence-electron chi connectivity index (χ1n) is 6.29. The molecule has 0 bridgehead atoms. The SMILES string of the molecule is Nc1ccc(Oc2ccc3cccnc3c2)cc1C(=O)O. The minimum atomic E-state index is -1.09. The van der Waals surface area contributed by atoms with Gasteiger partial charge in [-0.1, -0.05) is 6.07 Å². The summed E-state index contributed by atoms with van der Waals surface area (Å²) in [7, 11) is 0.